The molecule has 0 amide bonds. The quantitative estimate of drug-likeness (QED) is 0.334. The van der Waals surface area contributed by atoms with Crippen molar-refractivity contribution in [1.82, 2.24) is 0 Å². The van der Waals surface area contributed by atoms with Gasteiger partial charge in [0.1, 0.15) is 17.5 Å². The largest absolute Gasteiger partial charge is 0.393 e. The zero-order chi connectivity index (χ0) is 28.1. The Morgan fingerprint density at radius 1 is 1.03 bits per heavy atom. The van der Waals surface area contributed by atoms with Crippen LogP contribution in [0.15, 0.2) is 23.8 Å². The van der Waals surface area contributed by atoms with Crippen LogP contribution in [0.1, 0.15) is 81.1 Å². The lowest BCUT2D eigenvalue weighted by atomic mass is 9.38. The first kappa shape index (κ1) is 28.3. The second-order valence-electron chi connectivity index (χ2n) is 14.3. The van der Waals surface area contributed by atoms with Crippen LogP contribution in [-0.4, -0.2) is 61.2 Å². The van der Waals surface area contributed by atoms with Crippen LogP contribution in [0.25, 0.3) is 0 Å². The molecule has 0 aromatic carbocycles. The maximum Gasteiger partial charge on any atom is 0.187 e. The van der Waals surface area contributed by atoms with E-state index in [4.69, 9.17) is 0 Å². The minimum absolute atomic E-state index is 0.0255. The summed E-state index contributed by atoms with van der Waals surface area (Å²) >= 11 is 0. The number of carbonyl (C=O) groups excluding carboxylic acids is 3. The number of hydrogen-bond acceptors (Lipinski definition) is 7. The van der Waals surface area contributed by atoms with Gasteiger partial charge in [0.05, 0.1) is 11.7 Å². The molecule has 0 aromatic rings. The third-order valence-corrected chi connectivity index (χ3v) is 11.2. The molecule has 3 saturated carbocycles. The van der Waals surface area contributed by atoms with Crippen LogP contribution in [0.4, 0.5) is 0 Å². The zero-order valence-corrected chi connectivity index (χ0v) is 23.5. The van der Waals surface area contributed by atoms with Crippen LogP contribution in [0.3, 0.4) is 0 Å². The average molecular weight is 517 g/mol. The van der Waals surface area contributed by atoms with Gasteiger partial charge >= 0.3 is 0 Å². The first-order valence-electron chi connectivity index (χ1n) is 13.5. The molecule has 0 saturated heterocycles. The first-order chi connectivity index (χ1) is 16.7. The molecule has 4 aliphatic rings. The standard InChI is InChI=1S/C30H44O7/c1-25(2,36)12-11-21(33)30(8,37)23-19(32)14-27(5)20-10-9-16-17(13-18(31)24(35)26(16,3)4)29(20,7)22(34)15-28(23,27)6/h9,11-12,17,19-20,23-24,32,35-37H,10,13-15H2,1-8H3/t17-,19+,20+,23+,24?,27+,28-,29+,30?/m1/s1. The molecule has 0 aromatic heterocycles. The first-order valence-corrected chi connectivity index (χ1v) is 13.5. The lowest BCUT2D eigenvalue weighted by molar-refractivity contribution is -0.183. The number of ketones is 3. The Balaban J connectivity index is 1.80. The predicted molar refractivity (Wildman–Crippen MR) is 138 cm³/mol. The monoisotopic (exact) mass is 516 g/mol. The number of aliphatic hydroxyl groups excluding tert-OH is 2. The van der Waals surface area contributed by atoms with E-state index >= 15 is 0 Å². The molecule has 37 heavy (non-hydrogen) atoms. The second kappa shape index (κ2) is 8.17. The molecule has 4 N–H and O–H groups in total. The molecule has 4 aliphatic carbocycles. The summed E-state index contributed by atoms with van der Waals surface area (Å²) < 4.78 is 0. The van der Waals surface area contributed by atoms with Crippen molar-refractivity contribution in [3.05, 3.63) is 23.8 Å². The van der Waals surface area contributed by atoms with Crippen LogP contribution in [0.2, 0.25) is 0 Å². The fraction of sp³-hybridized carbons (Fsp3) is 0.767. The van der Waals surface area contributed by atoms with E-state index < -0.39 is 56.8 Å². The number of rotatable bonds is 4. The highest BCUT2D eigenvalue weighted by molar-refractivity contribution is 5.97. The fourth-order valence-electron chi connectivity index (χ4n) is 8.95. The summed E-state index contributed by atoms with van der Waals surface area (Å²) in [4.78, 5) is 40.3. The summed E-state index contributed by atoms with van der Waals surface area (Å²) in [6.07, 6.45) is 3.49. The summed E-state index contributed by atoms with van der Waals surface area (Å²) in [7, 11) is 0. The lowest BCUT2D eigenvalue weighted by Gasteiger charge is -2.64. The normalized spacial score (nSPS) is 45.1. The Morgan fingerprint density at radius 2 is 1.62 bits per heavy atom. The summed E-state index contributed by atoms with van der Waals surface area (Å²) in [5, 5.41) is 43.7. The van der Waals surface area contributed by atoms with Gasteiger partial charge in [-0.15, -0.1) is 0 Å². The number of hydrogen-bond donors (Lipinski definition) is 4. The third-order valence-electron chi connectivity index (χ3n) is 11.2. The molecule has 206 valence electrons. The summed E-state index contributed by atoms with van der Waals surface area (Å²) in [5.41, 5.74) is -5.36. The molecule has 4 rings (SSSR count). The number of aliphatic hydroxyl groups is 4. The van der Waals surface area contributed by atoms with Crippen LogP contribution < -0.4 is 0 Å². The van der Waals surface area contributed by atoms with E-state index in [0.717, 1.165) is 11.6 Å². The number of allylic oxidation sites excluding steroid dienone is 1. The number of carbonyl (C=O) groups is 3. The van der Waals surface area contributed by atoms with Gasteiger partial charge in [0.2, 0.25) is 0 Å². The van der Waals surface area contributed by atoms with Crippen molar-refractivity contribution in [2.24, 2.45) is 39.4 Å². The van der Waals surface area contributed by atoms with Crippen LogP contribution in [0, 0.1) is 39.4 Å². The molecule has 7 nitrogen and oxygen atoms in total. The SMILES string of the molecule is CC(C)(O)C=CC(=O)C(C)(O)[C@H]1[C@@H](O)C[C@@]2(C)[C@@H]3CC=C4[C@@H](CC(=O)C(O)C4(C)C)[C@]3(C)C(=O)C[C@]12C. The van der Waals surface area contributed by atoms with E-state index in [1.54, 1.807) is 0 Å². The molecule has 0 radical (unpaired) electrons. The molecular weight excluding hydrogens is 472 g/mol. The minimum Gasteiger partial charge on any atom is -0.393 e. The van der Waals surface area contributed by atoms with Crippen molar-refractivity contribution < 1.29 is 34.8 Å². The third kappa shape index (κ3) is 3.71. The molecule has 0 heterocycles. The Hall–Kier alpha value is -1.67. The highest BCUT2D eigenvalue weighted by Crippen LogP contribution is 2.74. The van der Waals surface area contributed by atoms with E-state index in [9.17, 15) is 34.8 Å². The lowest BCUT2D eigenvalue weighted by Crippen LogP contribution is -2.65. The second-order valence-corrected chi connectivity index (χ2v) is 14.3. The number of fused-ring (bicyclic) bond motifs is 5. The van der Waals surface area contributed by atoms with Gasteiger partial charge in [-0.1, -0.05) is 52.3 Å². The van der Waals surface area contributed by atoms with Gasteiger partial charge in [0.15, 0.2) is 11.6 Å². The Kier molecular flexibility index (Phi) is 6.26. The van der Waals surface area contributed by atoms with Gasteiger partial charge in [-0.2, -0.15) is 0 Å². The van der Waals surface area contributed by atoms with Crippen LogP contribution >= 0.6 is 0 Å². The van der Waals surface area contributed by atoms with Crippen molar-refractivity contribution in [1.29, 1.82) is 0 Å². The summed E-state index contributed by atoms with van der Waals surface area (Å²) in [6.45, 7) is 14.1. The Morgan fingerprint density at radius 3 is 2.19 bits per heavy atom. The Bertz CT molecular complexity index is 1090. The van der Waals surface area contributed by atoms with Gasteiger partial charge in [-0.25, -0.2) is 0 Å². The smallest absolute Gasteiger partial charge is 0.187 e. The van der Waals surface area contributed by atoms with E-state index in [1.807, 2.05) is 27.7 Å². The summed E-state index contributed by atoms with van der Waals surface area (Å²) in [5.74, 6) is -2.34. The average Bonchev–Trinajstić information content (AvgIpc) is 2.96. The van der Waals surface area contributed by atoms with Gasteiger partial charge in [0.25, 0.3) is 0 Å². The molecule has 0 aliphatic heterocycles. The number of Topliss-reactive ketones (excluding diaryl/α,β-unsaturated/α-hetero) is 2. The maximum absolute atomic E-state index is 14.2. The van der Waals surface area contributed by atoms with Gasteiger partial charge in [-0.05, 0) is 62.4 Å². The zero-order valence-electron chi connectivity index (χ0n) is 23.5. The van der Waals surface area contributed by atoms with Gasteiger partial charge < -0.3 is 20.4 Å². The molecule has 2 unspecified atom stereocenters. The molecule has 3 fully saturated rings. The topological polar surface area (TPSA) is 132 Å². The van der Waals surface area contributed by atoms with Crippen molar-refractivity contribution in [2.45, 2.75) is 104 Å². The van der Waals surface area contributed by atoms with E-state index in [2.05, 4.69) is 13.0 Å². The molecule has 0 bridgehead atoms. The molecule has 7 heteroatoms. The highest BCUT2D eigenvalue weighted by Gasteiger charge is 2.74. The maximum atomic E-state index is 14.2. The van der Waals surface area contributed by atoms with Gasteiger partial charge in [-0.3, -0.25) is 14.4 Å². The minimum atomic E-state index is -1.95. The van der Waals surface area contributed by atoms with Crippen LogP contribution in [-0.2, 0) is 14.4 Å². The van der Waals surface area contributed by atoms with Gasteiger partial charge in [0, 0.05) is 29.6 Å². The molecule has 9 atom stereocenters. The van der Waals surface area contributed by atoms with E-state index in [1.165, 1.54) is 26.8 Å². The Labute approximate surface area is 220 Å². The molecular formula is C30H44O7. The predicted octanol–water partition coefficient (Wildman–Crippen LogP) is 2.93. The van der Waals surface area contributed by atoms with Crippen molar-refractivity contribution in [3.8, 4) is 0 Å². The van der Waals surface area contributed by atoms with Crippen molar-refractivity contribution >= 4 is 17.3 Å². The van der Waals surface area contributed by atoms with E-state index in [-0.39, 0.29) is 36.2 Å². The molecule has 0 spiro atoms. The summed E-state index contributed by atoms with van der Waals surface area (Å²) in [6, 6.07) is 0. The van der Waals surface area contributed by atoms with Crippen LogP contribution in [0.5, 0.6) is 0 Å². The van der Waals surface area contributed by atoms with Crippen molar-refractivity contribution in [3.63, 3.8) is 0 Å². The van der Waals surface area contributed by atoms with E-state index in [0.29, 0.717) is 12.8 Å². The fourth-order valence-corrected chi connectivity index (χ4v) is 8.95. The highest BCUT2D eigenvalue weighted by atomic mass is 16.3. The van der Waals surface area contributed by atoms with Crippen molar-refractivity contribution in [2.75, 3.05) is 0 Å².